The fourth-order valence-corrected chi connectivity index (χ4v) is 2.70. The molecule has 2 heteroatoms. The SMILES string of the molecule is CC12CCC(C/C=C/c3ccccc3)(CO1)CO2. The van der Waals surface area contributed by atoms with Gasteiger partial charge in [0, 0.05) is 11.8 Å². The van der Waals surface area contributed by atoms with Crippen molar-refractivity contribution in [1.82, 2.24) is 0 Å². The van der Waals surface area contributed by atoms with E-state index < -0.39 is 0 Å². The molecule has 3 fully saturated rings. The van der Waals surface area contributed by atoms with Gasteiger partial charge in [-0.25, -0.2) is 0 Å². The second-order valence-electron chi connectivity index (χ2n) is 5.73. The van der Waals surface area contributed by atoms with E-state index in [1.807, 2.05) is 6.07 Å². The third-order valence-corrected chi connectivity index (χ3v) is 4.14. The lowest BCUT2D eigenvalue weighted by Crippen LogP contribution is -2.53. The van der Waals surface area contributed by atoms with Gasteiger partial charge in [0.05, 0.1) is 13.2 Å². The maximum atomic E-state index is 5.81. The summed E-state index contributed by atoms with van der Waals surface area (Å²) in [5, 5.41) is 0. The molecule has 0 N–H and O–H groups in total. The molecule has 1 aromatic rings. The minimum Gasteiger partial charge on any atom is -0.350 e. The molecule has 1 aromatic carbocycles. The van der Waals surface area contributed by atoms with Gasteiger partial charge in [0.15, 0.2) is 5.79 Å². The Morgan fingerprint density at radius 3 is 2.44 bits per heavy atom. The normalized spacial score (nSPS) is 35.2. The maximum Gasteiger partial charge on any atom is 0.165 e. The predicted molar refractivity (Wildman–Crippen MR) is 72.1 cm³/mol. The highest BCUT2D eigenvalue weighted by molar-refractivity contribution is 5.48. The summed E-state index contributed by atoms with van der Waals surface area (Å²) in [6.07, 6.45) is 7.72. The van der Waals surface area contributed by atoms with Crippen molar-refractivity contribution in [3.05, 3.63) is 42.0 Å². The van der Waals surface area contributed by atoms with E-state index in [0.29, 0.717) is 0 Å². The first-order valence-corrected chi connectivity index (χ1v) is 6.69. The van der Waals surface area contributed by atoms with Gasteiger partial charge in [0.1, 0.15) is 0 Å². The smallest absolute Gasteiger partial charge is 0.165 e. The van der Waals surface area contributed by atoms with Crippen LogP contribution in [-0.2, 0) is 9.47 Å². The fourth-order valence-electron chi connectivity index (χ4n) is 2.70. The molecule has 0 amide bonds. The molecule has 3 aliphatic heterocycles. The molecular formula is C16H20O2. The maximum absolute atomic E-state index is 5.81. The zero-order valence-electron chi connectivity index (χ0n) is 10.9. The van der Waals surface area contributed by atoms with E-state index in [0.717, 1.165) is 26.1 Å². The number of hydrogen-bond acceptors (Lipinski definition) is 2. The van der Waals surface area contributed by atoms with Gasteiger partial charge in [-0.1, -0.05) is 42.5 Å². The van der Waals surface area contributed by atoms with E-state index in [1.54, 1.807) is 0 Å². The van der Waals surface area contributed by atoms with Gasteiger partial charge < -0.3 is 9.47 Å². The number of allylic oxidation sites excluding steroid dienone is 1. The van der Waals surface area contributed by atoms with Crippen molar-refractivity contribution in [1.29, 1.82) is 0 Å². The first kappa shape index (κ1) is 11.9. The average Bonchev–Trinajstić information content (AvgIpc) is 2.42. The lowest BCUT2D eigenvalue weighted by atomic mass is 9.76. The quantitative estimate of drug-likeness (QED) is 0.808. The largest absolute Gasteiger partial charge is 0.350 e. The van der Waals surface area contributed by atoms with Crippen LogP contribution in [0.3, 0.4) is 0 Å². The molecule has 3 aliphatic rings. The Kier molecular flexibility index (Phi) is 3.00. The lowest BCUT2D eigenvalue weighted by molar-refractivity contribution is -0.331. The van der Waals surface area contributed by atoms with Crippen molar-refractivity contribution >= 4 is 6.08 Å². The molecule has 18 heavy (non-hydrogen) atoms. The second-order valence-corrected chi connectivity index (χ2v) is 5.73. The molecule has 4 rings (SSSR count). The predicted octanol–water partition coefficient (Wildman–Crippen LogP) is 3.63. The molecule has 0 spiro atoms. The van der Waals surface area contributed by atoms with Crippen molar-refractivity contribution < 1.29 is 9.47 Å². The first-order valence-electron chi connectivity index (χ1n) is 6.69. The van der Waals surface area contributed by atoms with Crippen LogP contribution >= 0.6 is 0 Å². The van der Waals surface area contributed by atoms with Gasteiger partial charge in [-0.2, -0.15) is 0 Å². The Hall–Kier alpha value is -1.12. The number of benzene rings is 1. The van der Waals surface area contributed by atoms with E-state index in [9.17, 15) is 0 Å². The third-order valence-electron chi connectivity index (χ3n) is 4.14. The van der Waals surface area contributed by atoms with Crippen LogP contribution < -0.4 is 0 Å². The number of fused-ring (bicyclic) bond motifs is 3. The van der Waals surface area contributed by atoms with Gasteiger partial charge in [-0.3, -0.25) is 0 Å². The molecule has 3 saturated heterocycles. The van der Waals surface area contributed by atoms with Gasteiger partial charge in [0.2, 0.25) is 0 Å². The molecule has 0 unspecified atom stereocenters. The van der Waals surface area contributed by atoms with Crippen LogP contribution in [0, 0.1) is 5.41 Å². The highest BCUT2D eigenvalue weighted by Gasteiger charge is 2.47. The number of ether oxygens (including phenoxy) is 2. The van der Waals surface area contributed by atoms with Gasteiger partial charge >= 0.3 is 0 Å². The zero-order valence-corrected chi connectivity index (χ0v) is 10.9. The van der Waals surface area contributed by atoms with E-state index in [4.69, 9.17) is 9.47 Å². The molecule has 2 bridgehead atoms. The first-order chi connectivity index (χ1) is 8.70. The highest BCUT2D eigenvalue weighted by atomic mass is 16.7. The van der Waals surface area contributed by atoms with Gasteiger partial charge in [-0.15, -0.1) is 0 Å². The topological polar surface area (TPSA) is 18.5 Å². The summed E-state index contributed by atoms with van der Waals surface area (Å²) in [5.74, 6) is -0.301. The van der Waals surface area contributed by atoms with E-state index >= 15 is 0 Å². The Bertz CT molecular complexity index is 411. The second kappa shape index (κ2) is 4.52. The number of hydrogen-bond donors (Lipinski definition) is 0. The minimum absolute atomic E-state index is 0.211. The van der Waals surface area contributed by atoms with Crippen molar-refractivity contribution in [2.24, 2.45) is 5.41 Å². The highest BCUT2D eigenvalue weighted by Crippen LogP contribution is 2.45. The molecule has 0 radical (unpaired) electrons. The Labute approximate surface area is 109 Å². The molecule has 0 aliphatic carbocycles. The number of rotatable bonds is 3. The summed E-state index contributed by atoms with van der Waals surface area (Å²) < 4.78 is 11.6. The molecule has 96 valence electrons. The van der Waals surface area contributed by atoms with Crippen molar-refractivity contribution in [2.45, 2.75) is 32.0 Å². The molecule has 3 heterocycles. The minimum atomic E-state index is -0.301. The van der Waals surface area contributed by atoms with Crippen LogP contribution in [0.2, 0.25) is 0 Å². The summed E-state index contributed by atoms with van der Waals surface area (Å²) in [6.45, 7) is 3.72. The summed E-state index contributed by atoms with van der Waals surface area (Å²) in [6, 6.07) is 10.4. The summed E-state index contributed by atoms with van der Waals surface area (Å²) in [4.78, 5) is 0. The van der Waals surface area contributed by atoms with Crippen LogP contribution in [0.15, 0.2) is 36.4 Å². The lowest BCUT2D eigenvalue weighted by Gasteiger charge is -2.51. The standard InChI is InChI=1S/C16H20O2/c1-15-10-11-16(12-17-15,13-18-15)9-5-8-14-6-3-2-4-7-14/h2-8H,9-13H2,1H3/b8-5+. The molecular weight excluding hydrogens is 224 g/mol. The van der Waals surface area contributed by atoms with Crippen molar-refractivity contribution in [2.75, 3.05) is 13.2 Å². The zero-order chi connectivity index (χ0) is 12.5. The monoisotopic (exact) mass is 244 g/mol. The van der Waals surface area contributed by atoms with Crippen LogP contribution in [0.1, 0.15) is 31.7 Å². The van der Waals surface area contributed by atoms with E-state index in [-0.39, 0.29) is 11.2 Å². The van der Waals surface area contributed by atoms with Gasteiger partial charge in [-0.05, 0) is 25.3 Å². The van der Waals surface area contributed by atoms with Crippen LogP contribution in [0.4, 0.5) is 0 Å². The molecule has 2 nitrogen and oxygen atoms in total. The van der Waals surface area contributed by atoms with Crippen LogP contribution in [0.25, 0.3) is 6.08 Å². The van der Waals surface area contributed by atoms with Crippen molar-refractivity contribution in [3.63, 3.8) is 0 Å². The Balaban J connectivity index is 1.62. The van der Waals surface area contributed by atoms with E-state index in [1.165, 1.54) is 12.0 Å². The summed E-state index contributed by atoms with van der Waals surface area (Å²) in [7, 11) is 0. The molecule has 0 saturated carbocycles. The Morgan fingerprint density at radius 2 is 1.83 bits per heavy atom. The average molecular weight is 244 g/mol. The van der Waals surface area contributed by atoms with Crippen LogP contribution in [0.5, 0.6) is 0 Å². The third kappa shape index (κ3) is 2.36. The molecule has 0 atom stereocenters. The summed E-state index contributed by atoms with van der Waals surface area (Å²) >= 11 is 0. The fraction of sp³-hybridized carbons (Fsp3) is 0.500. The molecule has 0 aromatic heterocycles. The van der Waals surface area contributed by atoms with Gasteiger partial charge in [0.25, 0.3) is 0 Å². The van der Waals surface area contributed by atoms with Crippen LogP contribution in [-0.4, -0.2) is 19.0 Å². The van der Waals surface area contributed by atoms with Crippen molar-refractivity contribution in [3.8, 4) is 0 Å². The van der Waals surface area contributed by atoms with E-state index in [2.05, 4.69) is 43.3 Å². The Morgan fingerprint density at radius 1 is 1.11 bits per heavy atom. The summed E-state index contributed by atoms with van der Waals surface area (Å²) in [5.41, 5.74) is 1.47.